The molecule has 3 aromatic carbocycles. The van der Waals surface area contributed by atoms with Gasteiger partial charge in [0, 0.05) is 16.7 Å². The van der Waals surface area contributed by atoms with Crippen LogP contribution in [0.2, 0.25) is 0 Å². The van der Waals surface area contributed by atoms with Crippen LogP contribution in [0.4, 0.5) is 0 Å². The monoisotopic (exact) mass is 473 g/mol. The minimum Gasteiger partial charge on any atom is -0.0654 e. The minimum atomic E-state index is -0.0655. The fraction of sp³-hybridized carbons (Fsp3) is 0.455. The molecule has 0 atom stereocenters. The van der Waals surface area contributed by atoms with Crippen LogP contribution in [0, 0.1) is 0 Å². The van der Waals surface area contributed by atoms with Crippen LogP contribution in [0.1, 0.15) is 95.2 Å². The zero-order chi connectivity index (χ0) is 24.0. The molecule has 0 heterocycles. The van der Waals surface area contributed by atoms with Gasteiger partial charge in [-0.15, -0.1) is 0 Å². The second-order valence-corrected chi connectivity index (χ2v) is 11.4. The SMILES string of the molecule is CCCCCc1ccccc1[S+](c1ccccc1CCCCC)c1ccccc1CCCCC. The highest BCUT2D eigenvalue weighted by Crippen LogP contribution is 2.38. The van der Waals surface area contributed by atoms with E-state index in [2.05, 4.69) is 93.6 Å². The van der Waals surface area contributed by atoms with E-state index in [0.717, 1.165) is 0 Å². The smallest absolute Gasteiger partial charge is 0.0654 e. The van der Waals surface area contributed by atoms with Crippen molar-refractivity contribution in [2.24, 2.45) is 0 Å². The predicted molar refractivity (Wildman–Crippen MR) is 151 cm³/mol. The molecule has 0 unspecified atom stereocenters. The first kappa shape index (κ1) is 26.6. The van der Waals surface area contributed by atoms with Crippen LogP contribution in [-0.2, 0) is 30.2 Å². The van der Waals surface area contributed by atoms with Gasteiger partial charge in [-0.25, -0.2) is 0 Å². The number of benzene rings is 3. The van der Waals surface area contributed by atoms with Crippen LogP contribution in [0.3, 0.4) is 0 Å². The summed E-state index contributed by atoms with van der Waals surface area (Å²) in [7, 11) is -0.0655. The van der Waals surface area contributed by atoms with Gasteiger partial charge >= 0.3 is 0 Å². The van der Waals surface area contributed by atoms with E-state index in [4.69, 9.17) is 0 Å². The molecular formula is C33H45S+. The summed E-state index contributed by atoms with van der Waals surface area (Å²) in [4.78, 5) is 4.64. The quantitative estimate of drug-likeness (QED) is 0.152. The van der Waals surface area contributed by atoms with E-state index in [1.807, 2.05) is 0 Å². The normalized spacial score (nSPS) is 11.3. The number of hydrogen-bond acceptors (Lipinski definition) is 0. The Morgan fingerprint density at radius 3 is 1.00 bits per heavy atom. The average Bonchev–Trinajstić information content (AvgIpc) is 2.87. The lowest BCUT2D eigenvalue weighted by Crippen LogP contribution is -2.13. The molecule has 0 nitrogen and oxygen atoms in total. The van der Waals surface area contributed by atoms with Crippen molar-refractivity contribution in [3.05, 3.63) is 89.5 Å². The van der Waals surface area contributed by atoms with Crippen molar-refractivity contribution in [2.45, 2.75) is 113 Å². The van der Waals surface area contributed by atoms with Gasteiger partial charge in [-0.05, 0) is 56.7 Å². The lowest BCUT2D eigenvalue weighted by atomic mass is 10.1. The van der Waals surface area contributed by atoms with Crippen LogP contribution in [0.15, 0.2) is 87.5 Å². The maximum absolute atomic E-state index is 2.43. The Kier molecular flexibility index (Phi) is 11.8. The standard InChI is InChI=1S/C33H45S/c1-4-7-10-19-28-22-13-16-25-31(28)34(32-26-17-14-23-29(32)20-11-8-5-2)33-27-18-15-24-30(33)21-12-9-6-3/h13-18,22-27H,4-12,19-21H2,1-3H3/q+1. The molecule has 0 radical (unpaired) electrons. The fourth-order valence-corrected chi connectivity index (χ4v) is 7.43. The van der Waals surface area contributed by atoms with Crippen molar-refractivity contribution in [1.29, 1.82) is 0 Å². The van der Waals surface area contributed by atoms with E-state index < -0.39 is 0 Å². The molecule has 0 saturated carbocycles. The van der Waals surface area contributed by atoms with E-state index in [1.54, 1.807) is 31.4 Å². The highest BCUT2D eigenvalue weighted by molar-refractivity contribution is 7.97. The first-order valence-corrected chi connectivity index (χ1v) is 15.0. The van der Waals surface area contributed by atoms with Crippen LogP contribution < -0.4 is 0 Å². The molecule has 0 saturated heterocycles. The number of aryl methyl sites for hydroxylation is 3. The van der Waals surface area contributed by atoms with Crippen LogP contribution in [0.5, 0.6) is 0 Å². The Labute approximate surface area is 212 Å². The summed E-state index contributed by atoms with van der Waals surface area (Å²) >= 11 is 0. The molecule has 0 fully saturated rings. The molecule has 34 heavy (non-hydrogen) atoms. The maximum Gasteiger partial charge on any atom is 0.169 e. The van der Waals surface area contributed by atoms with E-state index in [-0.39, 0.29) is 10.9 Å². The minimum absolute atomic E-state index is 0.0655. The second kappa shape index (κ2) is 15.1. The Morgan fingerprint density at radius 2 is 0.706 bits per heavy atom. The van der Waals surface area contributed by atoms with Crippen molar-refractivity contribution in [3.8, 4) is 0 Å². The number of hydrogen-bond donors (Lipinski definition) is 0. The lowest BCUT2D eigenvalue weighted by Gasteiger charge is -2.17. The van der Waals surface area contributed by atoms with Crippen molar-refractivity contribution < 1.29 is 0 Å². The summed E-state index contributed by atoms with van der Waals surface area (Å²) in [6.07, 6.45) is 15.1. The Balaban J connectivity index is 2.11. The number of rotatable bonds is 15. The maximum atomic E-state index is 2.43. The van der Waals surface area contributed by atoms with Gasteiger partial charge in [-0.2, -0.15) is 0 Å². The molecule has 0 aromatic heterocycles. The van der Waals surface area contributed by atoms with Gasteiger partial charge in [0.05, 0.1) is 0 Å². The predicted octanol–water partition coefficient (Wildman–Crippen LogP) is 9.98. The van der Waals surface area contributed by atoms with Gasteiger partial charge in [-0.1, -0.05) is 114 Å². The molecule has 3 rings (SSSR count). The molecule has 3 aromatic rings. The highest BCUT2D eigenvalue weighted by atomic mass is 32.2. The van der Waals surface area contributed by atoms with E-state index >= 15 is 0 Å². The molecule has 0 amide bonds. The zero-order valence-electron chi connectivity index (χ0n) is 21.8. The van der Waals surface area contributed by atoms with Crippen LogP contribution in [-0.4, -0.2) is 0 Å². The second-order valence-electron chi connectivity index (χ2n) is 9.50. The molecular weight excluding hydrogens is 428 g/mol. The summed E-state index contributed by atoms with van der Waals surface area (Å²) in [5.74, 6) is 0. The van der Waals surface area contributed by atoms with Crippen molar-refractivity contribution in [3.63, 3.8) is 0 Å². The molecule has 0 aliphatic rings. The van der Waals surface area contributed by atoms with Crippen molar-refractivity contribution >= 4 is 10.9 Å². The van der Waals surface area contributed by atoms with E-state index in [1.165, 1.54) is 77.0 Å². The Bertz CT molecular complexity index is 846. The van der Waals surface area contributed by atoms with Gasteiger partial charge in [-0.3, -0.25) is 0 Å². The molecule has 0 bridgehead atoms. The zero-order valence-corrected chi connectivity index (χ0v) is 22.6. The third-order valence-corrected chi connectivity index (χ3v) is 9.24. The molecule has 0 N–H and O–H groups in total. The molecule has 182 valence electrons. The van der Waals surface area contributed by atoms with E-state index in [9.17, 15) is 0 Å². The summed E-state index contributed by atoms with van der Waals surface area (Å²) in [5.41, 5.74) is 4.64. The highest BCUT2D eigenvalue weighted by Gasteiger charge is 2.34. The van der Waals surface area contributed by atoms with Crippen LogP contribution in [0.25, 0.3) is 0 Å². The fourth-order valence-electron chi connectivity index (χ4n) is 4.78. The topological polar surface area (TPSA) is 0 Å². The first-order chi connectivity index (χ1) is 16.8. The first-order valence-electron chi connectivity index (χ1n) is 13.8. The third kappa shape index (κ3) is 7.51. The van der Waals surface area contributed by atoms with Gasteiger partial charge in [0.15, 0.2) is 14.7 Å². The molecule has 0 spiro atoms. The molecule has 0 aliphatic heterocycles. The summed E-state index contributed by atoms with van der Waals surface area (Å²) < 4.78 is 0. The Morgan fingerprint density at radius 1 is 0.412 bits per heavy atom. The number of unbranched alkanes of at least 4 members (excludes halogenated alkanes) is 6. The van der Waals surface area contributed by atoms with Gasteiger partial charge in [0.1, 0.15) is 10.9 Å². The largest absolute Gasteiger partial charge is 0.169 e. The lowest BCUT2D eigenvalue weighted by molar-refractivity contribution is 0.708. The van der Waals surface area contributed by atoms with Crippen molar-refractivity contribution in [2.75, 3.05) is 0 Å². The summed E-state index contributed by atoms with van der Waals surface area (Å²) in [5, 5.41) is 0. The van der Waals surface area contributed by atoms with E-state index in [0.29, 0.717) is 0 Å². The Hall–Kier alpha value is -1.99. The average molecular weight is 474 g/mol. The van der Waals surface area contributed by atoms with Gasteiger partial charge in [0.2, 0.25) is 0 Å². The summed E-state index contributed by atoms with van der Waals surface area (Å²) in [6.45, 7) is 6.90. The van der Waals surface area contributed by atoms with Gasteiger partial charge < -0.3 is 0 Å². The van der Waals surface area contributed by atoms with Crippen molar-refractivity contribution in [1.82, 2.24) is 0 Å². The molecule has 1 heteroatoms. The molecule has 0 aliphatic carbocycles. The van der Waals surface area contributed by atoms with Gasteiger partial charge in [0.25, 0.3) is 0 Å². The summed E-state index contributed by atoms with van der Waals surface area (Å²) in [6, 6.07) is 28.0. The third-order valence-electron chi connectivity index (χ3n) is 6.73. The van der Waals surface area contributed by atoms with Crippen LogP contribution >= 0.6 is 0 Å².